The third kappa shape index (κ3) is 2.84. The number of rotatable bonds is 2. The number of aromatic nitrogens is 1. The highest BCUT2D eigenvalue weighted by atomic mass is 19.2. The first-order chi connectivity index (χ1) is 12.1. The maximum absolute atomic E-state index is 13.9. The van der Waals surface area contributed by atoms with Crippen molar-refractivity contribution < 1.29 is 13.6 Å². The van der Waals surface area contributed by atoms with Gasteiger partial charge in [0.2, 0.25) is 0 Å². The van der Waals surface area contributed by atoms with Crippen molar-refractivity contribution in [2.45, 2.75) is 18.9 Å². The molecular weight excluding hydrogens is 326 g/mol. The highest BCUT2D eigenvalue weighted by Gasteiger charge is 2.31. The molecule has 4 rings (SSSR count). The number of anilines is 2. The predicted octanol–water partition coefficient (Wildman–Crippen LogP) is 2.34. The molecule has 5 nitrogen and oxygen atoms in total. The van der Waals surface area contributed by atoms with E-state index in [0.29, 0.717) is 11.7 Å². The predicted molar refractivity (Wildman–Crippen MR) is 90.9 cm³/mol. The zero-order valence-electron chi connectivity index (χ0n) is 13.6. The Morgan fingerprint density at radius 2 is 2.20 bits per heavy atom. The standard InChI is InChI=1S/C18H18F2N4O/c19-14-3-1-2-13(16(14)20)18(25)23-15-6-7-22-17-12(15)5-4-11-10-21-8-9-24(11)17/h1-3,6-7,11,21H,4-5,8-10H2,(H,22,23,25). The highest BCUT2D eigenvalue weighted by Crippen LogP contribution is 2.34. The first-order valence-electron chi connectivity index (χ1n) is 8.36. The van der Waals surface area contributed by atoms with Crippen LogP contribution in [0.25, 0.3) is 0 Å². The summed E-state index contributed by atoms with van der Waals surface area (Å²) in [5.74, 6) is -1.96. The number of fused-ring (bicyclic) bond motifs is 3. The minimum absolute atomic E-state index is 0.304. The van der Waals surface area contributed by atoms with Crippen molar-refractivity contribution in [2.24, 2.45) is 0 Å². The zero-order valence-corrected chi connectivity index (χ0v) is 13.6. The van der Waals surface area contributed by atoms with Gasteiger partial charge in [-0.2, -0.15) is 0 Å². The first-order valence-corrected chi connectivity index (χ1v) is 8.36. The molecule has 1 saturated heterocycles. The number of halogens is 2. The molecule has 0 aliphatic carbocycles. The van der Waals surface area contributed by atoms with Crippen LogP contribution in [0.15, 0.2) is 30.5 Å². The van der Waals surface area contributed by atoms with E-state index in [1.54, 1.807) is 12.3 Å². The van der Waals surface area contributed by atoms with Crippen LogP contribution in [-0.4, -0.2) is 36.6 Å². The summed E-state index contributed by atoms with van der Waals surface area (Å²) < 4.78 is 27.2. The van der Waals surface area contributed by atoms with E-state index in [2.05, 4.69) is 20.5 Å². The number of pyridine rings is 1. The van der Waals surface area contributed by atoms with Gasteiger partial charge in [-0.3, -0.25) is 4.79 Å². The Labute approximate surface area is 144 Å². The average Bonchev–Trinajstić information content (AvgIpc) is 2.64. The monoisotopic (exact) mass is 344 g/mol. The van der Waals surface area contributed by atoms with Gasteiger partial charge in [0.15, 0.2) is 11.6 Å². The van der Waals surface area contributed by atoms with Crippen molar-refractivity contribution in [3.8, 4) is 0 Å². The number of hydrogen-bond acceptors (Lipinski definition) is 4. The molecule has 0 radical (unpaired) electrons. The summed E-state index contributed by atoms with van der Waals surface area (Å²) in [5, 5.41) is 6.10. The van der Waals surface area contributed by atoms with Gasteiger partial charge in [-0.1, -0.05) is 6.07 Å². The van der Waals surface area contributed by atoms with Crippen LogP contribution < -0.4 is 15.5 Å². The normalized spacial score (nSPS) is 19.1. The number of piperazine rings is 1. The minimum Gasteiger partial charge on any atom is -0.351 e. The van der Waals surface area contributed by atoms with E-state index in [0.717, 1.165) is 49.9 Å². The number of carbonyl (C=O) groups is 1. The fraction of sp³-hybridized carbons (Fsp3) is 0.333. The molecule has 1 fully saturated rings. The van der Waals surface area contributed by atoms with Crippen molar-refractivity contribution in [1.29, 1.82) is 0 Å². The van der Waals surface area contributed by atoms with Crippen molar-refractivity contribution in [1.82, 2.24) is 10.3 Å². The molecule has 2 aromatic rings. The molecule has 2 aliphatic heterocycles. The zero-order chi connectivity index (χ0) is 17.4. The van der Waals surface area contributed by atoms with Crippen LogP contribution in [-0.2, 0) is 6.42 Å². The van der Waals surface area contributed by atoms with E-state index in [9.17, 15) is 13.6 Å². The SMILES string of the molecule is O=C(Nc1ccnc2c1CCC1CNCCN21)c1cccc(F)c1F. The van der Waals surface area contributed by atoms with Crippen LogP contribution in [0, 0.1) is 11.6 Å². The van der Waals surface area contributed by atoms with E-state index in [-0.39, 0.29) is 5.56 Å². The Hall–Kier alpha value is -2.54. The number of carbonyl (C=O) groups excluding carboxylic acids is 1. The fourth-order valence-corrected chi connectivity index (χ4v) is 3.57. The van der Waals surface area contributed by atoms with E-state index in [4.69, 9.17) is 0 Å². The lowest BCUT2D eigenvalue weighted by atomic mass is 9.96. The van der Waals surface area contributed by atoms with Crippen molar-refractivity contribution in [3.05, 3.63) is 53.2 Å². The maximum Gasteiger partial charge on any atom is 0.258 e. The van der Waals surface area contributed by atoms with Gasteiger partial charge in [0.1, 0.15) is 5.82 Å². The van der Waals surface area contributed by atoms with Gasteiger partial charge in [0.05, 0.1) is 5.56 Å². The van der Waals surface area contributed by atoms with Gasteiger partial charge >= 0.3 is 0 Å². The summed E-state index contributed by atoms with van der Waals surface area (Å²) >= 11 is 0. The van der Waals surface area contributed by atoms with Crippen LogP contribution in [0.2, 0.25) is 0 Å². The molecule has 1 aromatic carbocycles. The van der Waals surface area contributed by atoms with Gasteiger partial charge in [-0.25, -0.2) is 13.8 Å². The largest absolute Gasteiger partial charge is 0.351 e. The van der Waals surface area contributed by atoms with Crippen LogP contribution in [0.4, 0.5) is 20.3 Å². The summed E-state index contributed by atoms with van der Waals surface area (Å²) in [7, 11) is 0. The van der Waals surface area contributed by atoms with E-state index in [1.807, 2.05) is 0 Å². The number of benzene rings is 1. The van der Waals surface area contributed by atoms with E-state index in [1.165, 1.54) is 12.1 Å². The Kier molecular flexibility index (Phi) is 4.09. The Balaban J connectivity index is 1.64. The minimum atomic E-state index is -1.13. The first kappa shape index (κ1) is 16.0. The lowest BCUT2D eigenvalue weighted by Crippen LogP contribution is -2.53. The highest BCUT2D eigenvalue weighted by molar-refractivity contribution is 6.05. The second kappa shape index (κ2) is 6.40. The van der Waals surface area contributed by atoms with Gasteiger partial charge < -0.3 is 15.5 Å². The number of amides is 1. The molecule has 0 spiro atoms. The number of hydrogen-bond donors (Lipinski definition) is 2. The Bertz CT molecular complexity index is 827. The molecule has 1 amide bonds. The lowest BCUT2D eigenvalue weighted by molar-refractivity contribution is 0.102. The topological polar surface area (TPSA) is 57.3 Å². The summed E-state index contributed by atoms with van der Waals surface area (Å²) in [4.78, 5) is 19.1. The molecule has 7 heteroatoms. The summed E-state index contributed by atoms with van der Waals surface area (Å²) in [6.45, 7) is 2.68. The summed E-state index contributed by atoms with van der Waals surface area (Å²) in [5.41, 5.74) is 1.25. The molecule has 0 saturated carbocycles. The van der Waals surface area contributed by atoms with Gasteiger partial charge in [-0.15, -0.1) is 0 Å². The molecule has 2 N–H and O–H groups in total. The molecule has 130 valence electrons. The molecule has 2 aliphatic rings. The molecule has 25 heavy (non-hydrogen) atoms. The number of nitrogens with one attached hydrogen (secondary N) is 2. The van der Waals surface area contributed by atoms with E-state index < -0.39 is 17.5 Å². The molecular formula is C18H18F2N4O. The maximum atomic E-state index is 13.9. The number of nitrogens with zero attached hydrogens (tertiary/aromatic N) is 2. The molecule has 1 aromatic heterocycles. The van der Waals surface area contributed by atoms with Crippen molar-refractivity contribution >= 4 is 17.4 Å². The second-order valence-electron chi connectivity index (χ2n) is 6.31. The van der Waals surface area contributed by atoms with Crippen molar-refractivity contribution in [2.75, 3.05) is 29.9 Å². The van der Waals surface area contributed by atoms with Gasteiger partial charge in [0.25, 0.3) is 5.91 Å². The van der Waals surface area contributed by atoms with E-state index >= 15 is 0 Å². The van der Waals surface area contributed by atoms with Crippen LogP contribution in [0.1, 0.15) is 22.3 Å². The molecule has 1 atom stereocenters. The summed E-state index contributed by atoms with van der Waals surface area (Å²) in [6, 6.07) is 5.69. The van der Waals surface area contributed by atoms with Crippen LogP contribution >= 0.6 is 0 Å². The van der Waals surface area contributed by atoms with Crippen molar-refractivity contribution in [3.63, 3.8) is 0 Å². The summed E-state index contributed by atoms with van der Waals surface area (Å²) in [6.07, 6.45) is 3.39. The quantitative estimate of drug-likeness (QED) is 0.878. The van der Waals surface area contributed by atoms with Crippen LogP contribution in [0.5, 0.6) is 0 Å². The average molecular weight is 344 g/mol. The Morgan fingerprint density at radius 1 is 1.32 bits per heavy atom. The Morgan fingerprint density at radius 3 is 3.08 bits per heavy atom. The lowest BCUT2D eigenvalue weighted by Gasteiger charge is -2.41. The van der Waals surface area contributed by atoms with Gasteiger partial charge in [-0.05, 0) is 31.0 Å². The van der Waals surface area contributed by atoms with Gasteiger partial charge in [0, 0.05) is 43.1 Å². The molecule has 0 bridgehead atoms. The van der Waals surface area contributed by atoms with Crippen LogP contribution in [0.3, 0.4) is 0 Å². The molecule has 3 heterocycles. The molecule has 1 unspecified atom stereocenters. The second-order valence-corrected chi connectivity index (χ2v) is 6.31. The third-order valence-corrected chi connectivity index (χ3v) is 4.83. The third-order valence-electron chi connectivity index (χ3n) is 4.83. The fourth-order valence-electron chi connectivity index (χ4n) is 3.57. The smallest absolute Gasteiger partial charge is 0.258 e.